The highest BCUT2D eigenvalue weighted by atomic mass is 35.5. The monoisotopic (exact) mass is 373 g/mol. The Hall–Kier alpha value is -0.710. The lowest BCUT2D eigenvalue weighted by Crippen LogP contribution is -2.10. The Morgan fingerprint density at radius 1 is 0.857 bits per heavy atom. The van der Waals surface area contributed by atoms with E-state index >= 15 is 0 Å². The van der Waals surface area contributed by atoms with Gasteiger partial charge in [-0.05, 0) is 35.0 Å². The van der Waals surface area contributed by atoms with Crippen molar-refractivity contribution in [3.8, 4) is 0 Å². The summed E-state index contributed by atoms with van der Waals surface area (Å²) in [5, 5.41) is 9.13. The third-order valence-corrected chi connectivity index (χ3v) is 5.64. The number of hydrogen-bond donors (Lipinski definition) is 1. The number of anilines is 1. The van der Waals surface area contributed by atoms with Crippen molar-refractivity contribution in [3.05, 3.63) is 72.0 Å². The van der Waals surface area contributed by atoms with Gasteiger partial charge in [0.25, 0.3) is 0 Å². The second-order valence-electron chi connectivity index (χ2n) is 4.35. The second kappa shape index (κ2) is 6.59. The molecule has 0 saturated heterocycles. The first kappa shape index (κ1) is 15.2. The van der Waals surface area contributed by atoms with Crippen LogP contribution >= 0.6 is 57.5 Å². The van der Waals surface area contributed by atoms with Crippen LogP contribution in [0.5, 0.6) is 0 Å². The van der Waals surface area contributed by atoms with E-state index in [-0.39, 0.29) is 6.04 Å². The summed E-state index contributed by atoms with van der Waals surface area (Å²) in [6, 6.07) is 11.7. The molecule has 3 aromatic rings. The van der Waals surface area contributed by atoms with E-state index in [0.29, 0.717) is 20.8 Å². The summed E-state index contributed by atoms with van der Waals surface area (Å²) in [7, 11) is 0. The van der Waals surface area contributed by atoms with E-state index < -0.39 is 0 Å². The molecule has 0 aliphatic carbocycles. The minimum Gasteiger partial charge on any atom is -0.370 e. The van der Waals surface area contributed by atoms with Crippen molar-refractivity contribution in [2.24, 2.45) is 0 Å². The fraction of sp³-hybridized carbons (Fsp3) is 0.0667. The normalized spacial score (nSPS) is 11.0. The highest BCUT2D eigenvalue weighted by molar-refractivity contribution is 7.11. The van der Waals surface area contributed by atoms with Gasteiger partial charge in [0.1, 0.15) is 0 Å². The molecule has 0 fully saturated rings. The van der Waals surface area contributed by atoms with E-state index in [1.807, 2.05) is 12.1 Å². The van der Waals surface area contributed by atoms with Gasteiger partial charge in [-0.15, -0.1) is 22.7 Å². The molecule has 0 bridgehead atoms. The number of halogens is 3. The second-order valence-corrected chi connectivity index (χ2v) is 7.56. The van der Waals surface area contributed by atoms with Gasteiger partial charge >= 0.3 is 0 Å². The van der Waals surface area contributed by atoms with Gasteiger partial charge in [0.15, 0.2) is 0 Å². The maximum Gasteiger partial charge on any atom is 0.0954 e. The Kier molecular flexibility index (Phi) is 4.77. The molecule has 0 atom stereocenters. The summed E-state index contributed by atoms with van der Waals surface area (Å²) in [6.07, 6.45) is 0. The first-order chi connectivity index (χ1) is 10.1. The SMILES string of the molecule is Clc1cc(Cl)c(NC(c2cccs2)c2cccs2)c(Cl)c1. The molecule has 1 N–H and O–H groups in total. The predicted octanol–water partition coefficient (Wildman–Crippen LogP) is 6.97. The maximum atomic E-state index is 6.28. The molecule has 0 saturated carbocycles. The zero-order chi connectivity index (χ0) is 14.8. The third kappa shape index (κ3) is 3.38. The maximum absolute atomic E-state index is 6.28. The molecule has 0 aliphatic heterocycles. The Labute approximate surface area is 146 Å². The molecule has 108 valence electrons. The van der Waals surface area contributed by atoms with Crippen LogP contribution in [0.4, 0.5) is 5.69 Å². The molecule has 0 aliphatic rings. The van der Waals surface area contributed by atoms with Crippen LogP contribution < -0.4 is 5.32 Å². The Bertz CT molecular complexity index is 666. The predicted molar refractivity (Wildman–Crippen MR) is 95.6 cm³/mol. The van der Waals surface area contributed by atoms with E-state index in [4.69, 9.17) is 34.8 Å². The molecule has 2 heterocycles. The number of nitrogens with one attached hydrogen (secondary N) is 1. The molecular formula is C15H10Cl3NS2. The van der Waals surface area contributed by atoms with E-state index in [0.717, 1.165) is 0 Å². The van der Waals surface area contributed by atoms with Crippen LogP contribution in [-0.2, 0) is 0 Å². The van der Waals surface area contributed by atoms with Crippen molar-refractivity contribution in [3.63, 3.8) is 0 Å². The van der Waals surface area contributed by atoms with Crippen LogP contribution in [-0.4, -0.2) is 0 Å². The van der Waals surface area contributed by atoms with Crippen molar-refractivity contribution in [2.75, 3.05) is 5.32 Å². The highest BCUT2D eigenvalue weighted by Crippen LogP contribution is 2.39. The lowest BCUT2D eigenvalue weighted by atomic mass is 10.2. The molecule has 0 radical (unpaired) electrons. The standard InChI is InChI=1S/C15H10Cl3NS2/c16-9-7-10(17)14(11(18)8-9)19-15(12-3-1-5-20-12)13-4-2-6-21-13/h1-8,15,19H. The lowest BCUT2D eigenvalue weighted by molar-refractivity contribution is 0.993. The number of rotatable bonds is 4. The smallest absolute Gasteiger partial charge is 0.0954 e. The van der Waals surface area contributed by atoms with Crippen LogP contribution in [0.15, 0.2) is 47.2 Å². The van der Waals surface area contributed by atoms with E-state index in [1.165, 1.54) is 9.75 Å². The third-order valence-electron chi connectivity index (χ3n) is 2.95. The first-order valence-electron chi connectivity index (χ1n) is 6.13. The van der Waals surface area contributed by atoms with Gasteiger partial charge in [-0.25, -0.2) is 0 Å². The van der Waals surface area contributed by atoms with Crippen LogP contribution in [0.1, 0.15) is 15.8 Å². The minimum atomic E-state index is 0.0289. The van der Waals surface area contributed by atoms with Gasteiger partial charge in [0, 0.05) is 14.8 Å². The molecule has 6 heteroatoms. The van der Waals surface area contributed by atoms with Crippen LogP contribution in [0.2, 0.25) is 15.1 Å². The highest BCUT2D eigenvalue weighted by Gasteiger charge is 2.19. The topological polar surface area (TPSA) is 12.0 Å². The van der Waals surface area contributed by atoms with Crippen molar-refractivity contribution in [2.45, 2.75) is 6.04 Å². The van der Waals surface area contributed by atoms with Crippen LogP contribution in [0.25, 0.3) is 0 Å². The number of thiophene rings is 2. The van der Waals surface area contributed by atoms with E-state index in [2.05, 4.69) is 28.2 Å². The number of hydrogen-bond acceptors (Lipinski definition) is 3. The van der Waals surface area contributed by atoms with Gasteiger partial charge in [-0.3, -0.25) is 0 Å². The van der Waals surface area contributed by atoms with Crippen LogP contribution in [0, 0.1) is 0 Å². The summed E-state index contributed by atoms with van der Waals surface area (Å²) in [5.41, 5.74) is 0.703. The van der Waals surface area contributed by atoms with Crippen molar-refractivity contribution >= 4 is 63.2 Å². The van der Waals surface area contributed by atoms with Crippen molar-refractivity contribution in [1.82, 2.24) is 0 Å². The minimum absolute atomic E-state index is 0.0289. The first-order valence-corrected chi connectivity index (χ1v) is 9.02. The van der Waals surface area contributed by atoms with E-state index in [1.54, 1.807) is 34.8 Å². The number of benzene rings is 1. The fourth-order valence-corrected chi connectivity index (χ4v) is 4.61. The summed E-state index contributed by atoms with van der Waals surface area (Å²) in [6.45, 7) is 0. The van der Waals surface area contributed by atoms with E-state index in [9.17, 15) is 0 Å². The van der Waals surface area contributed by atoms with Crippen LogP contribution in [0.3, 0.4) is 0 Å². The summed E-state index contributed by atoms with van der Waals surface area (Å²) in [4.78, 5) is 2.42. The molecule has 2 aromatic heterocycles. The molecule has 0 unspecified atom stereocenters. The van der Waals surface area contributed by atoms with Crippen molar-refractivity contribution in [1.29, 1.82) is 0 Å². The average molecular weight is 375 g/mol. The zero-order valence-corrected chi connectivity index (χ0v) is 14.5. The summed E-state index contributed by atoms with van der Waals surface area (Å²) < 4.78 is 0. The largest absolute Gasteiger partial charge is 0.370 e. The van der Waals surface area contributed by atoms with Crippen molar-refractivity contribution < 1.29 is 0 Å². The molecule has 21 heavy (non-hydrogen) atoms. The molecule has 1 nitrogen and oxygen atoms in total. The Balaban J connectivity index is 2.00. The van der Waals surface area contributed by atoms with Gasteiger partial charge in [-0.1, -0.05) is 46.9 Å². The molecule has 0 amide bonds. The molecule has 1 aromatic carbocycles. The molecular weight excluding hydrogens is 365 g/mol. The van der Waals surface area contributed by atoms with Gasteiger partial charge in [0.2, 0.25) is 0 Å². The Morgan fingerprint density at radius 3 is 1.81 bits per heavy atom. The average Bonchev–Trinajstić information content (AvgIpc) is 3.11. The van der Waals surface area contributed by atoms with Gasteiger partial charge in [-0.2, -0.15) is 0 Å². The fourth-order valence-electron chi connectivity index (χ4n) is 2.02. The Morgan fingerprint density at radius 2 is 1.38 bits per heavy atom. The van der Waals surface area contributed by atoms with Gasteiger partial charge in [0.05, 0.1) is 21.8 Å². The molecule has 3 rings (SSSR count). The quantitative estimate of drug-likeness (QED) is 0.520. The summed E-state index contributed by atoms with van der Waals surface area (Å²) >= 11 is 21.9. The molecule has 0 spiro atoms. The zero-order valence-electron chi connectivity index (χ0n) is 10.6. The summed E-state index contributed by atoms with van der Waals surface area (Å²) in [5.74, 6) is 0. The lowest BCUT2D eigenvalue weighted by Gasteiger charge is -2.19. The van der Waals surface area contributed by atoms with Gasteiger partial charge < -0.3 is 5.32 Å².